The van der Waals surface area contributed by atoms with Gasteiger partial charge < -0.3 is 15.0 Å². The van der Waals surface area contributed by atoms with Gasteiger partial charge in [0.15, 0.2) is 0 Å². The van der Waals surface area contributed by atoms with Crippen molar-refractivity contribution in [3.05, 3.63) is 77.9 Å². The van der Waals surface area contributed by atoms with Gasteiger partial charge in [-0.05, 0) is 48.9 Å². The summed E-state index contributed by atoms with van der Waals surface area (Å²) in [7, 11) is 1.62. The van der Waals surface area contributed by atoms with Crippen LogP contribution < -0.4 is 10.1 Å². The van der Waals surface area contributed by atoms with E-state index in [1.807, 2.05) is 71.6 Å². The van der Waals surface area contributed by atoms with E-state index in [0.717, 1.165) is 16.9 Å². The molecule has 2 aromatic carbocycles. The topological polar surface area (TPSA) is 82.4 Å². The molecule has 1 aliphatic heterocycles. The molecule has 6 nitrogen and oxygen atoms in total. The second kappa shape index (κ2) is 10.6. The third kappa shape index (κ3) is 4.99. The SMILES string of the molecule is COc1ccc(CNC(=O)C2CC=CCC2C(=O)N2CCC(C#N)(c3ccccc3)CC2)cc1. The lowest BCUT2D eigenvalue weighted by atomic mass is 9.73. The zero-order valence-electron chi connectivity index (χ0n) is 19.6. The molecule has 2 aliphatic rings. The molecule has 2 unspecified atom stereocenters. The van der Waals surface area contributed by atoms with Crippen LogP contribution in [-0.2, 0) is 21.5 Å². The van der Waals surface area contributed by atoms with Crippen LogP contribution in [0.4, 0.5) is 0 Å². The molecule has 0 aromatic heterocycles. The fourth-order valence-electron chi connectivity index (χ4n) is 5.01. The number of carbonyl (C=O) groups is 2. The Balaban J connectivity index is 1.38. The number of rotatable bonds is 6. The molecule has 0 radical (unpaired) electrons. The van der Waals surface area contributed by atoms with Crippen molar-refractivity contribution in [2.45, 2.75) is 37.6 Å². The number of piperidine rings is 1. The van der Waals surface area contributed by atoms with Gasteiger partial charge in [-0.2, -0.15) is 5.26 Å². The highest BCUT2D eigenvalue weighted by Gasteiger charge is 2.41. The number of hydrogen-bond donors (Lipinski definition) is 1. The quantitative estimate of drug-likeness (QED) is 0.666. The van der Waals surface area contributed by atoms with Crippen molar-refractivity contribution < 1.29 is 14.3 Å². The normalized spacial score (nSPS) is 21.4. The largest absolute Gasteiger partial charge is 0.497 e. The molecule has 176 valence electrons. The van der Waals surface area contributed by atoms with Crippen LogP contribution in [0.25, 0.3) is 0 Å². The van der Waals surface area contributed by atoms with Crippen LogP contribution in [-0.4, -0.2) is 36.9 Å². The standard InChI is InChI=1S/C28H31N3O3/c1-34-23-13-11-21(12-14-23)19-30-26(32)24-9-5-6-10-25(24)27(33)31-17-15-28(20-29,16-18-31)22-7-3-2-4-8-22/h2-8,11-14,24-25H,9-10,15-19H2,1H3,(H,30,32). The fraction of sp³-hybridized carbons (Fsp3) is 0.393. The molecule has 2 amide bonds. The first-order chi connectivity index (χ1) is 16.6. The zero-order valence-corrected chi connectivity index (χ0v) is 19.6. The first-order valence-corrected chi connectivity index (χ1v) is 11.9. The number of nitrogens with zero attached hydrogens (tertiary/aromatic N) is 2. The summed E-state index contributed by atoms with van der Waals surface area (Å²) in [5, 5.41) is 13.0. The van der Waals surface area contributed by atoms with E-state index in [0.29, 0.717) is 45.3 Å². The van der Waals surface area contributed by atoms with E-state index >= 15 is 0 Å². The van der Waals surface area contributed by atoms with Gasteiger partial charge in [-0.15, -0.1) is 0 Å². The van der Waals surface area contributed by atoms with Crippen LogP contribution >= 0.6 is 0 Å². The molecule has 1 fully saturated rings. The molecule has 4 rings (SSSR count). The average Bonchev–Trinajstić information content (AvgIpc) is 2.92. The number of allylic oxidation sites excluding steroid dienone is 2. The minimum atomic E-state index is -0.556. The van der Waals surface area contributed by atoms with Gasteiger partial charge in [-0.3, -0.25) is 9.59 Å². The van der Waals surface area contributed by atoms with E-state index in [1.165, 1.54) is 0 Å². The van der Waals surface area contributed by atoms with Crippen LogP contribution in [0.3, 0.4) is 0 Å². The van der Waals surface area contributed by atoms with Gasteiger partial charge in [0.05, 0.1) is 30.4 Å². The predicted molar refractivity (Wildman–Crippen MR) is 130 cm³/mol. The van der Waals surface area contributed by atoms with Crippen LogP contribution in [0.5, 0.6) is 5.75 Å². The molecule has 34 heavy (non-hydrogen) atoms. The molecule has 2 atom stereocenters. The Morgan fingerprint density at radius 1 is 1.03 bits per heavy atom. The lowest BCUT2D eigenvalue weighted by molar-refractivity contribution is -0.143. The van der Waals surface area contributed by atoms with Crippen LogP contribution in [0.15, 0.2) is 66.7 Å². The predicted octanol–water partition coefficient (Wildman–Crippen LogP) is 3.98. The van der Waals surface area contributed by atoms with E-state index < -0.39 is 5.41 Å². The molecule has 1 saturated heterocycles. The third-order valence-corrected chi connectivity index (χ3v) is 7.18. The van der Waals surface area contributed by atoms with Crippen LogP contribution in [0.1, 0.15) is 36.8 Å². The lowest BCUT2D eigenvalue weighted by Crippen LogP contribution is -2.49. The number of amides is 2. The van der Waals surface area contributed by atoms with Gasteiger partial charge in [0.2, 0.25) is 11.8 Å². The highest BCUT2D eigenvalue weighted by molar-refractivity contribution is 5.88. The number of carbonyl (C=O) groups excluding carboxylic acids is 2. The second-order valence-electron chi connectivity index (χ2n) is 9.11. The maximum atomic E-state index is 13.5. The monoisotopic (exact) mass is 457 g/mol. The number of ether oxygens (including phenoxy) is 1. The molecule has 0 spiro atoms. The van der Waals surface area contributed by atoms with Gasteiger partial charge in [-0.25, -0.2) is 0 Å². The Kier molecular flexibility index (Phi) is 7.32. The van der Waals surface area contributed by atoms with E-state index in [2.05, 4.69) is 11.4 Å². The van der Waals surface area contributed by atoms with Gasteiger partial charge in [-0.1, -0.05) is 54.6 Å². The summed E-state index contributed by atoms with van der Waals surface area (Å²) in [4.78, 5) is 28.4. The van der Waals surface area contributed by atoms with E-state index in [9.17, 15) is 14.9 Å². The maximum Gasteiger partial charge on any atom is 0.226 e. The van der Waals surface area contributed by atoms with Gasteiger partial charge in [0.25, 0.3) is 0 Å². The highest BCUT2D eigenvalue weighted by Crippen LogP contribution is 2.36. The smallest absolute Gasteiger partial charge is 0.226 e. The first kappa shape index (κ1) is 23.6. The summed E-state index contributed by atoms with van der Waals surface area (Å²) in [5.74, 6) is -0.0493. The molecular weight excluding hydrogens is 426 g/mol. The van der Waals surface area contributed by atoms with Crippen molar-refractivity contribution in [1.29, 1.82) is 5.26 Å². The third-order valence-electron chi connectivity index (χ3n) is 7.18. The summed E-state index contributed by atoms with van der Waals surface area (Å²) in [6.45, 7) is 1.47. The van der Waals surface area contributed by atoms with Gasteiger partial charge >= 0.3 is 0 Å². The number of nitriles is 1. The van der Waals surface area contributed by atoms with E-state index in [4.69, 9.17) is 4.74 Å². The highest BCUT2D eigenvalue weighted by atomic mass is 16.5. The minimum absolute atomic E-state index is 0.0218. The van der Waals surface area contributed by atoms with Crippen molar-refractivity contribution in [3.63, 3.8) is 0 Å². The summed E-state index contributed by atoms with van der Waals surface area (Å²) in [6.07, 6.45) is 6.34. The summed E-state index contributed by atoms with van der Waals surface area (Å²) in [5.41, 5.74) is 1.44. The number of likely N-dealkylation sites (tertiary alicyclic amines) is 1. The van der Waals surface area contributed by atoms with Crippen molar-refractivity contribution in [2.24, 2.45) is 11.8 Å². The number of nitrogens with one attached hydrogen (secondary N) is 1. The summed E-state index contributed by atoms with van der Waals surface area (Å²) < 4.78 is 5.18. The molecule has 6 heteroatoms. The number of benzene rings is 2. The Morgan fingerprint density at radius 2 is 1.68 bits per heavy atom. The number of hydrogen-bond acceptors (Lipinski definition) is 4. The molecule has 1 N–H and O–H groups in total. The molecule has 0 bridgehead atoms. The summed E-state index contributed by atoms with van der Waals surface area (Å²) in [6, 6.07) is 19.9. The van der Waals surface area contributed by atoms with Crippen LogP contribution in [0, 0.1) is 23.2 Å². The van der Waals surface area contributed by atoms with Crippen LogP contribution in [0.2, 0.25) is 0 Å². The molecule has 1 aliphatic carbocycles. The van der Waals surface area contributed by atoms with Gasteiger partial charge in [0, 0.05) is 19.6 Å². The minimum Gasteiger partial charge on any atom is -0.497 e. The van der Waals surface area contributed by atoms with Crippen molar-refractivity contribution in [1.82, 2.24) is 10.2 Å². The Hall–Kier alpha value is -3.59. The van der Waals surface area contributed by atoms with Crippen molar-refractivity contribution in [3.8, 4) is 11.8 Å². The van der Waals surface area contributed by atoms with E-state index in [1.54, 1.807) is 7.11 Å². The summed E-state index contributed by atoms with van der Waals surface area (Å²) >= 11 is 0. The molecule has 2 aromatic rings. The fourth-order valence-corrected chi connectivity index (χ4v) is 5.01. The lowest BCUT2D eigenvalue weighted by Gasteiger charge is -2.40. The maximum absolute atomic E-state index is 13.5. The van der Waals surface area contributed by atoms with E-state index in [-0.39, 0.29) is 23.7 Å². The molecule has 0 saturated carbocycles. The van der Waals surface area contributed by atoms with Gasteiger partial charge in [0.1, 0.15) is 5.75 Å². The Labute approximate surface area is 201 Å². The number of methoxy groups -OCH3 is 1. The second-order valence-corrected chi connectivity index (χ2v) is 9.11. The Bertz CT molecular complexity index is 1060. The van der Waals surface area contributed by atoms with Crippen molar-refractivity contribution >= 4 is 11.8 Å². The average molecular weight is 458 g/mol. The molecular formula is C28H31N3O3. The van der Waals surface area contributed by atoms with Crippen molar-refractivity contribution in [2.75, 3.05) is 20.2 Å². The molecule has 1 heterocycles. The Morgan fingerprint density at radius 3 is 2.29 bits per heavy atom. The first-order valence-electron chi connectivity index (χ1n) is 11.9. The zero-order chi connectivity index (χ0) is 24.0.